The summed E-state index contributed by atoms with van der Waals surface area (Å²) in [5.41, 5.74) is 2.95. The molecule has 4 heteroatoms. The molecule has 1 aromatic carbocycles. The first-order valence-corrected chi connectivity index (χ1v) is 7.43. The number of hydrogen-bond donors (Lipinski definition) is 1. The highest BCUT2D eigenvalue weighted by molar-refractivity contribution is 7.99. The number of carboxylic acids is 1. The molecule has 0 spiro atoms. The van der Waals surface area contributed by atoms with Crippen LogP contribution in [0.3, 0.4) is 0 Å². The maximum absolute atomic E-state index is 10.5. The van der Waals surface area contributed by atoms with E-state index < -0.39 is 5.97 Å². The van der Waals surface area contributed by atoms with Gasteiger partial charge in [0.2, 0.25) is 0 Å². The Morgan fingerprint density at radius 3 is 2.53 bits per heavy atom. The molecule has 0 heterocycles. The van der Waals surface area contributed by atoms with Crippen LogP contribution in [-0.2, 0) is 4.79 Å². The first-order valence-electron chi connectivity index (χ1n) is 6.27. The number of thioether (sulfide) groups is 1. The van der Waals surface area contributed by atoms with Crippen molar-refractivity contribution in [3.05, 3.63) is 34.9 Å². The summed E-state index contributed by atoms with van der Waals surface area (Å²) in [6, 6.07) is 3.88. The third kappa shape index (κ3) is 5.39. The van der Waals surface area contributed by atoms with Gasteiger partial charge in [0.15, 0.2) is 0 Å². The predicted octanol–water partition coefficient (Wildman–Crippen LogP) is 3.53. The summed E-state index contributed by atoms with van der Waals surface area (Å²) in [6.07, 6.45) is 2.74. The van der Waals surface area contributed by atoms with E-state index in [4.69, 9.17) is 9.84 Å². The van der Waals surface area contributed by atoms with E-state index in [-0.39, 0.29) is 0 Å². The van der Waals surface area contributed by atoms with Crippen LogP contribution in [-0.4, -0.2) is 29.2 Å². The van der Waals surface area contributed by atoms with E-state index in [2.05, 4.69) is 6.92 Å². The van der Waals surface area contributed by atoms with E-state index in [9.17, 15) is 4.79 Å². The molecule has 104 valence electrons. The second kappa shape index (κ2) is 7.89. The first-order chi connectivity index (χ1) is 9.04. The van der Waals surface area contributed by atoms with Crippen LogP contribution in [0.5, 0.6) is 5.75 Å². The van der Waals surface area contributed by atoms with Crippen molar-refractivity contribution in [3.63, 3.8) is 0 Å². The summed E-state index contributed by atoms with van der Waals surface area (Å²) in [7, 11) is 0. The Labute approximate surface area is 118 Å². The van der Waals surface area contributed by atoms with Gasteiger partial charge in [0.25, 0.3) is 0 Å². The minimum absolute atomic E-state index is 0.699. The van der Waals surface area contributed by atoms with Crippen molar-refractivity contribution in [3.8, 4) is 5.75 Å². The largest absolute Gasteiger partial charge is 0.492 e. The van der Waals surface area contributed by atoms with Crippen LogP contribution in [0, 0.1) is 13.8 Å². The van der Waals surface area contributed by atoms with Crippen molar-refractivity contribution in [1.29, 1.82) is 0 Å². The van der Waals surface area contributed by atoms with Gasteiger partial charge in [0, 0.05) is 11.8 Å². The lowest BCUT2D eigenvalue weighted by atomic mass is 10.1. The van der Waals surface area contributed by atoms with Crippen molar-refractivity contribution >= 4 is 23.8 Å². The van der Waals surface area contributed by atoms with Gasteiger partial charge in [-0.2, -0.15) is 11.8 Å². The average Bonchev–Trinajstić information content (AvgIpc) is 2.34. The maximum atomic E-state index is 10.5. The number of benzene rings is 1. The summed E-state index contributed by atoms with van der Waals surface area (Å²) in [5, 5.41) is 8.62. The third-order valence-electron chi connectivity index (χ3n) is 2.58. The molecular formula is C15H20O3S. The average molecular weight is 280 g/mol. The van der Waals surface area contributed by atoms with E-state index in [1.807, 2.05) is 37.7 Å². The fourth-order valence-electron chi connectivity index (χ4n) is 1.82. The standard InChI is InChI=1S/C15H20O3S/c1-4-19-8-7-18-15-11(2)9-13(10-12(15)3)5-6-14(16)17/h5-6,9-10H,4,7-8H2,1-3H3,(H,16,17)/b6-5+. The lowest BCUT2D eigenvalue weighted by Gasteiger charge is -2.13. The molecule has 0 saturated heterocycles. The van der Waals surface area contributed by atoms with Crippen molar-refractivity contribution < 1.29 is 14.6 Å². The van der Waals surface area contributed by atoms with E-state index in [0.717, 1.165) is 40.0 Å². The molecule has 0 bridgehead atoms. The normalized spacial score (nSPS) is 10.9. The molecule has 19 heavy (non-hydrogen) atoms. The van der Waals surface area contributed by atoms with Gasteiger partial charge in [-0.3, -0.25) is 0 Å². The Balaban J connectivity index is 2.76. The van der Waals surface area contributed by atoms with Crippen molar-refractivity contribution in [2.75, 3.05) is 18.1 Å². The summed E-state index contributed by atoms with van der Waals surface area (Å²) in [5.74, 6) is 2.05. The molecule has 1 N–H and O–H groups in total. The fraction of sp³-hybridized carbons (Fsp3) is 0.400. The zero-order valence-corrected chi connectivity index (χ0v) is 12.4. The second-order valence-corrected chi connectivity index (χ2v) is 5.59. The fourth-order valence-corrected chi connectivity index (χ4v) is 2.31. The Morgan fingerprint density at radius 2 is 2.00 bits per heavy atom. The summed E-state index contributed by atoms with van der Waals surface area (Å²) < 4.78 is 5.79. The van der Waals surface area contributed by atoms with Crippen molar-refractivity contribution in [2.45, 2.75) is 20.8 Å². The number of hydrogen-bond acceptors (Lipinski definition) is 3. The molecule has 3 nitrogen and oxygen atoms in total. The smallest absolute Gasteiger partial charge is 0.328 e. The summed E-state index contributed by atoms with van der Waals surface area (Å²) >= 11 is 1.85. The van der Waals surface area contributed by atoms with Gasteiger partial charge in [0.1, 0.15) is 5.75 Å². The van der Waals surface area contributed by atoms with Gasteiger partial charge in [-0.05, 0) is 54.5 Å². The molecule has 0 unspecified atom stereocenters. The first kappa shape index (κ1) is 15.6. The van der Waals surface area contributed by atoms with E-state index in [1.165, 1.54) is 0 Å². The zero-order valence-electron chi connectivity index (χ0n) is 11.6. The second-order valence-electron chi connectivity index (χ2n) is 4.20. The Hall–Kier alpha value is -1.42. The van der Waals surface area contributed by atoms with E-state index >= 15 is 0 Å². The topological polar surface area (TPSA) is 46.5 Å². The van der Waals surface area contributed by atoms with Crippen LogP contribution < -0.4 is 4.74 Å². The summed E-state index contributed by atoms with van der Waals surface area (Å²) in [6.45, 7) is 6.79. The highest BCUT2D eigenvalue weighted by Crippen LogP contribution is 2.25. The Bertz CT molecular complexity index is 443. The highest BCUT2D eigenvalue weighted by Gasteiger charge is 2.05. The number of rotatable bonds is 7. The van der Waals surface area contributed by atoms with Crippen LogP contribution in [0.2, 0.25) is 0 Å². The molecule has 0 saturated carbocycles. The number of aliphatic carboxylic acids is 1. The van der Waals surface area contributed by atoms with Crippen LogP contribution in [0.15, 0.2) is 18.2 Å². The summed E-state index contributed by atoms with van der Waals surface area (Å²) in [4.78, 5) is 10.5. The molecule has 0 atom stereocenters. The number of aryl methyl sites for hydroxylation is 2. The molecule has 1 aromatic rings. The maximum Gasteiger partial charge on any atom is 0.328 e. The lowest BCUT2D eigenvalue weighted by molar-refractivity contribution is -0.131. The molecule has 1 rings (SSSR count). The Morgan fingerprint density at radius 1 is 1.37 bits per heavy atom. The van der Waals surface area contributed by atoms with Crippen LogP contribution in [0.25, 0.3) is 6.08 Å². The van der Waals surface area contributed by atoms with Gasteiger partial charge >= 0.3 is 5.97 Å². The van der Waals surface area contributed by atoms with Gasteiger partial charge < -0.3 is 9.84 Å². The Kier molecular flexibility index (Phi) is 6.50. The molecule has 0 amide bonds. The number of ether oxygens (including phenoxy) is 1. The minimum atomic E-state index is -0.938. The molecule has 0 aliphatic carbocycles. The zero-order chi connectivity index (χ0) is 14.3. The molecule has 0 aliphatic heterocycles. The minimum Gasteiger partial charge on any atom is -0.492 e. The lowest BCUT2D eigenvalue weighted by Crippen LogP contribution is -2.03. The molecular weight excluding hydrogens is 260 g/mol. The van der Waals surface area contributed by atoms with E-state index in [0.29, 0.717) is 6.61 Å². The molecule has 0 aliphatic rings. The molecule has 0 aromatic heterocycles. The SMILES string of the molecule is CCSCCOc1c(C)cc(/C=C/C(=O)O)cc1C. The van der Waals surface area contributed by atoms with Crippen LogP contribution in [0.4, 0.5) is 0 Å². The molecule has 0 radical (unpaired) electrons. The number of carbonyl (C=O) groups is 1. The number of carboxylic acid groups (broad SMARTS) is 1. The molecule has 0 fully saturated rings. The monoisotopic (exact) mass is 280 g/mol. The third-order valence-corrected chi connectivity index (χ3v) is 3.44. The highest BCUT2D eigenvalue weighted by atomic mass is 32.2. The van der Waals surface area contributed by atoms with Crippen LogP contribution in [0.1, 0.15) is 23.6 Å². The van der Waals surface area contributed by atoms with Crippen LogP contribution >= 0.6 is 11.8 Å². The van der Waals surface area contributed by atoms with Gasteiger partial charge in [0.05, 0.1) is 6.61 Å². The van der Waals surface area contributed by atoms with Crippen molar-refractivity contribution in [1.82, 2.24) is 0 Å². The quantitative estimate of drug-likeness (QED) is 0.613. The predicted molar refractivity (Wildman–Crippen MR) is 81.1 cm³/mol. The van der Waals surface area contributed by atoms with Gasteiger partial charge in [-0.1, -0.05) is 6.92 Å². The van der Waals surface area contributed by atoms with Gasteiger partial charge in [-0.25, -0.2) is 4.79 Å². The van der Waals surface area contributed by atoms with Crippen molar-refractivity contribution in [2.24, 2.45) is 0 Å². The van der Waals surface area contributed by atoms with E-state index in [1.54, 1.807) is 6.08 Å². The van der Waals surface area contributed by atoms with Gasteiger partial charge in [-0.15, -0.1) is 0 Å².